The minimum Gasteiger partial charge on any atom is -0.350 e. The van der Waals surface area contributed by atoms with E-state index in [2.05, 4.69) is 10.3 Å². The fraction of sp³-hybridized carbons (Fsp3) is 0.235. The number of anilines is 1. The molecule has 2 rings (SSSR count). The number of aromatic nitrogens is 1. The molecule has 1 aromatic carbocycles. The summed E-state index contributed by atoms with van der Waals surface area (Å²) in [6.07, 6.45) is 1.78. The lowest BCUT2D eigenvalue weighted by molar-refractivity contribution is -0.121. The van der Waals surface area contributed by atoms with Crippen LogP contribution < -0.4 is 10.2 Å². The summed E-state index contributed by atoms with van der Waals surface area (Å²) in [5.41, 5.74) is 1.20. The van der Waals surface area contributed by atoms with Gasteiger partial charge in [0, 0.05) is 31.8 Å². The summed E-state index contributed by atoms with van der Waals surface area (Å²) in [6, 6.07) is 11.2. The van der Waals surface area contributed by atoms with Gasteiger partial charge in [0.15, 0.2) is 0 Å². The molecular formula is C17H18FN3O2. The van der Waals surface area contributed by atoms with E-state index in [1.54, 1.807) is 18.3 Å². The van der Waals surface area contributed by atoms with Crippen LogP contribution in [0.5, 0.6) is 0 Å². The first kappa shape index (κ1) is 16.6. The van der Waals surface area contributed by atoms with E-state index >= 15 is 0 Å². The SMILES string of the molecule is CC(=O)N(CCC(=O)NCc1ccccn1)c1cccc(F)c1. The molecule has 0 aliphatic carbocycles. The van der Waals surface area contributed by atoms with Gasteiger partial charge in [-0.15, -0.1) is 0 Å². The van der Waals surface area contributed by atoms with Gasteiger partial charge in [-0.3, -0.25) is 14.6 Å². The molecule has 23 heavy (non-hydrogen) atoms. The number of carbonyl (C=O) groups excluding carboxylic acids is 2. The summed E-state index contributed by atoms with van der Waals surface area (Å²) < 4.78 is 13.3. The molecule has 0 bridgehead atoms. The zero-order valence-corrected chi connectivity index (χ0v) is 12.8. The van der Waals surface area contributed by atoms with Gasteiger partial charge in [0.1, 0.15) is 5.82 Å². The second-order valence-corrected chi connectivity index (χ2v) is 5.00. The Balaban J connectivity index is 1.89. The highest BCUT2D eigenvalue weighted by Gasteiger charge is 2.14. The van der Waals surface area contributed by atoms with E-state index in [-0.39, 0.29) is 24.8 Å². The summed E-state index contributed by atoms with van der Waals surface area (Å²) in [5, 5.41) is 2.74. The van der Waals surface area contributed by atoms with Gasteiger partial charge in [0.2, 0.25) is 11.8 Å². The van der Waals surface area contributed by atoms with Crippen LogP contribution in [0.25, 0.3) is 0 Å². The third-order valence-electron chi connectivity index (χ3n) is 3.26. The van der Waals surface area contributed by atoms with Crippen LogP contribution in [0.3, 0.4) is 0 Å². The first-order valence-electron chi connectivity index (χ1n) is 7.26. The minimum atomic E-state index is -0.423. The Hall–Kier alpha value is -2.76. The Morgan fingerprint density at radius 2 is 2.04 bits per heavy atom. The van der Waals surface area contributed by atoms with Gasteiger partial charge in [0.05, 0.1) is 12.2 Å². The molecule has 6 heteroatoms. The minimum absolute atomic E-state index is 0.128. The number of halogens is 1. The summed E-state index contributed by atoms with van der Waals surface area (Å²) in [6.45, 7) is 1.91. The molecule has 1 heterocycles. The number of hydrogen-bond acceptors (Lipinski definition) is 3. The number of pyridine rings is 1. The number of benzene rings is 1. The van der Waals surface area contributed by atoms with Gasteiger partial charge in [-0.2, -0.15) is 0 Å². The number of amides is 2. The highest BCUT2D eigenvalue weighted by atomic mass is 19.1. The van der Waals surface area contributed by atoms with Gasteiger partial charge in [-0.1, -0.05) is 12.1 Å². The molecule has 0 radical (unpaired) electrons. The molecule has 1 aromatic heterocycles. The van der Waals surface area contributed by atoms with Crippen LogP contribution in [0.2, 0.25) is 0 Å². The van der Waals surface area contributed by atoms with Crippen LogP contribution in [0, 0.1) is 5.82 Å². The van der Waals surface area contributed by atoms with Crippen molar-refractivity contribution in [3.05, 3.63) is 60.2 Å². The first-order valence-corrected chi connectivity index (χ1v) is 7.26. The predicted octanol–water partition coefficient (Wildman–Crippen LogP) is 2.28. The van der Waals surface area contributed by atoms with Crippen molar-refractivity contribution in [3.8, 4) is 0 Å². The molecular weight excluding hydrogens is 297 g/mol. The largest absolute Gasteiger partial charge is 0.350 e. The number of rotatable bonds is 6. The quantitative estimate of drug-likeness (QED) is 0.889. The summed E-state index contributed by atoms with van der Waals surface area (Å²) >= 11 is 0. The van der Waals surface area contributed by atoms with Crippen LogP contribution in [0.15, 0.2) is 48.7 Å². The zero-order chi connectivity index (χ0) is 16.7. The van der Waals surface area contributed by atoms with Crippen molar-refractivity contribution in [1.29, 1.82) is 0 Å². The standard InChI is InChI=1S/C17H18FN3O2/c1-13(22)21(16-7-4-5-14(18)11-16)10-8-17(23)20-12-15-6-2-3-9-19-15/h2-7,9,11H,8,10,12H2,1H3,(H,20,23). The molecule has 0 saturated heterocycles. The van der Waals surface area contributed by atoms with Crippen LogP contribution in [-0.4, -0.2) is 23.3 Å². The van der Waals surface area contributed by atoms with Crippen molar-refractivity contribution in [2.45, 2.75) is 19.9 Å². The molecule has 0 fully saturated rings. The zero-order valence-electron chi connectivity index (χ0n) is 12.8. The average molecular weight is 315 g/mol. The Labute approximate surface area is 134 Å². The van der Waals surface area contributed by atoms with E-state index in [0.717, 1.165) is 5.69 Å². The Morgan fingerprint density at radius 1 is 1.22 bits per heavy atom. The lowest BCUT2D eigenvalue weighted by atomic mass is 10.2. The average Bonchev–Trinajstić information content (AvgIpc) is 2.54. The van der Waals surface area contributed by atoms with Gasteiger partial charge in [0.25, 0.3) is 0 Å². The third-order valence-corrected chi connectivity index (χ3v) is 3.26. The molecule has 0 unspecified atom stereocenters. The van der Waals surface area contributed by atoms with E-state index in [9.17, 15) is 14.0 Å². The van der Waals surface area contributed by atoms with Crippen molar-refractivity contribution in [2.24, 2.45) is 0 Å². The molecule has 0 atom stereocenters. The first-order chi connectivity index (χ1) is 11.1. The van der Waals surface area contributed by atoms with Crippen LogP contribution in [-0.2, 0) is 16.1 Å². The number of hydrogen-bond donors (Lipinski definition) is 1. The molecule has 0 aliphatic rings. The molecule has 2 amide bonds. The van der Waals surface area contributed by atoms with E-state index < -0.39 is 5.82 Å². The summed E-state index contributed by atoms with van der Waals surface area (Å²) in [4.78, 5) is 29.1. The monoisotopic (exact) mass is 315 g/mol. The molecule has 5 nitrogen and oxygen atoms in total. The fourth-order valence-electron chi connectivity index (χ4n) is 2.11. The molecule has 0 aliphatic heterocycles. The maximum atomic E-state index is 13.3. The Morgan fingerprint density at radius 3 is 2.70 bits per heavy atom. The smallest absolute Gasteiger partial charge is 0.223 e. The topological polar surface area (TPSA) is 62.3 Å². The Kier molecular flexibility index (Phi) is 5.80. The lowest BCUT2D eigenvalue weighted by Crippen LogP contribution is -2.33. The molecule has 0 spiro atoms. The van der Waals surface area contributed by atoms with Crippen molar-refractivity contribution in [2.75, 3.05) is 11.4 Å². The van der Waals surface area contributed by atoms with Crippen molar-refractivity contribution in [1.82, 2.24) is 10.3 Å². The van der Waals surface area contributed by atoms with Crippen molar-refractivity contribution >= 4 is 17.5 Å². The van der Waals surface area contributed by atoms with Gasteiger partial charge >= 0.3 is 0 Å². The molecule has 2 aromatic rings. The third kappa shape index (κ3) is 5.18. The van der Waals surface area contributed by atoms with E-state index in [4.69, 9.17) is 0 Å². The van der Waals surface area contributed by atoms with E-state index in [0.29, 0.717) is 12.2 Å². The molecule has 120 valence electrons. The van der Waals surface area contributed by atoms with Crippen LogP contribution >= 0.6 is 0 Å². The number of nitrogens with zero attached hydrogens (tertiary/aromatic N) is 2. The maximum absolute atomic E-state index is 13.3. The summed E-state index contributed by atoms with van der Waals surface area (Å²) in [7, 11) is 0. The molecule has 1 N–H and O–H groups in total. The Bertz CT molecular complexity index is 677. The highest BCUT2D eigenvalue weighted by Crippen LogP contribution is 2.16. The van der Waals surface area contributed by atoms with Crippen LogP contribution in [0.4, 0.5) is 10.1 Å². The van der Waals surface area contributed by atoms with Crippen LogP contribution in [0.1, 0.15) is 19.0 Å². The summed E-state index contributed by atoms with van der Waals surface area (Å²) in [5.74, 6) is -0.861. The predicted molar refractivity (Wildman–Crippen MR) is 85.1 cm³/mol. The lowest BCUT2D eigenvalue weighted by Gasteiger charge is -2.21. The normalized spacial score (nSPS) is 10.2. The highest BCUT2D eigenvalue weighted by molar-refractivity contribution is 5.92. The second kappa shape index (κ2) is 8.03. The van der Waals surface area contributed by atoms with Gasteiger partial charge in [-0.05, 0) is 30.3 Å². The van der Waals surface area contributed by atoms with Crippen molar-refractivity contribution < 1.29 is 14.0 Å². The number of carbonyl (C=O) groups is 2. The second-order valence-electron chi connectivity index (χ2n) is 5.00. The van der Waals surface area contributed by atoms with Gasteiger partial charge in [-0.25, -0.2) is 4.39 Å². The van der Waals surface area contributed by atoms with Gasteiger partial charge < -0.3 is 10.2 Å². The maximum Gasteiger partial charge on any atom is 0.223 e. The number of nitrogens with one attached hydrogen (secondary N) is 1. The van der Waals surface area contributed by atoms with Crippen molar-refractivity contribution in [3.63, 3.8) is 0 Å². The van der Waals surface area contributed by atoms with E-state index in [1.165, 1.54) is 30.0 Å². The molecule has 0 saturated carbocycles. The fourth-order valence-corrected chi connectivity index (χ4v) is 2.11. The van der Waals surface area contributed by atoms with E-state index in [1.807, 2.05) is 12.1 Å².